The predicted molar refractivity (Wildman–Crippen MR) is 73.9 cm³/mol. The molecule has 1 aliphatic carbocycles. The molecule has 1 saturated carbocycles. The van der Waals surface area contributed by atoms with E-state index in [1.54, 1.807) is 0 Å². The molecule has 2 aromatic heterocycles. The lowest BCUT2D eigenvalue weighted by molar-refractivity contribution is -0.142. The molecule has 24 heavy (non-hydrogen) atoms. The molecule has 0 radical (unpaired) electrons. The van der Waals surface area contributed by atoms with Gasteiger partial charge in [0.25, 0.3) is 5.91 Å². The predicted octanol–water partition coefficient (Wildman–Crippen LogP) is 2.87. The highest BCUT2D eigenvalue weighted by Gasteiger charge is 2.33. The number of carboxylic acid groups (broad SMARTS) is 1. The van der Waals surface area contributed by atoms with Crippen molar-refractivity contribution in [3.05, 3.63) is 35.5 Å². The van der Waals surface area contributed by atoms with Crippen LogP contribution >= 0.6 is 0 Å². The third kappa shape index (κ3) is 3.58. The molecule has 2 N–H and O–H groups in total. The van der Waals surface area contributed by atoms with Crippen LogP contribution < -0.4 is 5.32 Å². The van der Waals surface area contributed by atoms with Gasteiger partial charge < -0.3 is 14.8 Å². The Bertz CT molecular complexity index is 790. The molecule has 0 unspecified atom stereocenters. The average molecular weight is 343 g/mol. The fraction of sp³-hybridized carbons (Fsp3) is 0.357. The van der Waals surface area contributed by atoms with Crippen LogP contribution in [0.25, 0.3) is 0 Å². The Labute approximate surface area is 133 Å². The van der Waals surface area contributed by atoms with Crippen molar-refractivity contribution < 1.29 is 32.3 Å². The zero-order valence-electron chi connectivity index (χ0n) is 12.1. The number of furan rings is 1. The lowest BCUT2D eigenvalue weighted by atomic mass is 10.2. The van der Waals surface area contributed by atoms with Crippen LogP contribution in [0.5, 0.6) is 0 Å². The summed E-state index contributed by atoms with van der Waals surface area (Å²) in [6.45, 7) is -1.26. The maximum absolute atomic E-state index is 12.5. The molecule has 0 aromatic carbocycles. The van der Waals surface area contributed by atoms with E-state index in [-0.39, 0.29) is 17.4 Å². The topological polar surface area (TPSA) is 97.4 Å². The van der Waals surface area contributed by atoms with E-state index in [0.717, 1.165) is 29.8 Å². The van der Waals surface area contributed by atoms with Crippen LogP contribution in [-0.4, -0.2) is 32.9 Å². The van der Waals surface area contributed by atoms with Crippen molar-refractivity contribution in [1.82, 2.24) is 9.78 Å². The molecule has 1 aliphatic rings. The van der Waals surface area contributed by atoms with Gasteiger partial charge >= 0.3 is 12.1 Å². The number of nitrogens with one attached hydrogen (secondary N) is 1. The molecule has 10 heteroatoms. The average Bonchev–Trinajstić information content (AvgIpc) is 3.04. The number of aromatic nitrogens is 2. The molecule has 0 atom stereocenters. The third-order valence-electron chi connectivity index (χ3n) is 3.38. The number of halogens is 3. The Balaban J connectivity index is 1.80. The molecule has 3 rings (SSSR count). The van der Waals surface area contributed by atoms with Gasteiger partial charge in [-0.25, -0.2) is 4.79 Å². The molecule has 2 aromatic rings. The summed E-state index contributed by atoms with van der Waals surface area (Å²) < 4.78 is 43.1. The summed E-state index contributed by atoms with van der Waals surface area (Å²) in [4.78, 5) is 22.8. The number of nitrogens with zero attached hydrogens (tertiary/aromatic N) is 2. The Hall–Kier alpha value is -2.78. The first-order valence-corrected chi connectivity index (χ1v) is 7.01. The molecule has 1 fully saturated rings. The lowest BCUT2D eigenvalue weighted by Crippen LogP contribution is -2.18. The van der Waals surface area contributed by atoms with Crippen molar-refractivity contribution in [3.8, 4) is 0 Å². The molecule has 128 valence electrons. The number of amides is 1. The number of carbonyl (C=O) groups excluding carboxylic acids is 1. The van der Waals surface area contributed by atoms with Crippen LogP contribution in [0.1, 0.15) is 45.6 Å². The van der Waals surface area contributed by atoms with E-state index in [0.29, 0.717) is 5.69 Å². The zero-order chi connectivity index (χ0) is 17.5. The lowest BCUT2D eigenvalue weighted by Gasteiger charge is -2.05. The smallest absolute Gasteiger partial charge is 0.408 e. The minimum absolute atomic E-state index is 0.0148. The summed E-state index contributed by atoms with van der Waals surface area (Å²) >= 11 is 0. The molecule has 0 bridgehead atoms. The zero-order valence-corrected chi connectivity index (χ0v) is 12.1. The van der Waals surface area contributed by atoms with Gasteiger partial charge in [0, 0.05) is 12.1 Å². The molecule has 0 saturated heterocycles. The summed E-state index contributed by atoms with van der Waals surface area (Å²) in [5.41, 5.74) is 0.553. The van der Waals surface area contributed by atoms with E-state index in [9.17, 15) is 22.8 Å². The summed E-state index contributed by atoms with van der Waals surface area (Å²) in [5.74, 6) is -2.73. The van der Waals surface area contributed by atoms with Crippen LogP contribution in [0.15, 0.2) is 22.7 Å². The van der Waals surface area contributed by atoms with Crippen molar-refractivity contribution in [2.24, 2.45) is 0 Å². The van der Waals surface area contributed by atoms with Crippen LogP contribution in [0, 0.1) is 0 Å². The quantitative estimate of drug-likeness (QED) is 0.870. The minimum atomic E-state index is -4.43. The summed E-state index contributed by atoms with van der Waals surface area (Å²) in [6, 6.07) is 2.29. The van der Waals surface area contributed by atoms with Crippen molar-refractivity contribution in [2.75, 3.05) is 5.32 Å². The maximum Gasteiger partial charge on any atom is 0.408 e. The number of aromatic carboxylic acids is 1. The van der Waals surface area contributed by atoms with Gasteiger partial charge in [-0.1, -0.05) is 0 Å². The largest absolute Gasteiger partial charge is 0.475 e. The number of alkyl halides is 3. The molecule has 7 nitrogen and oxygen atoms in total. The van der Waals surface area contributed by atoms with E-state index < -0.39 is 30.4 Å². The Morgan fingerprint density at radius 3 is 2.54 bits per heavy atom. The van der Waals surface area contributed by atoms with Crippen molar-refractivity contribution in [1.29, 1.82) is 0 Å². The van der Waals surface area contributed by atoms with Gasteiger partial charge in [0.1, 0.15) is 6.54 Å². The second kappa shape index (κ2) is 5.69. The fourth-order valence-electron chi connectivity index (χ4n) is 2.21. The third-order valence-corrected chi connectivity index (χ3v) is 3.38. The molecule has 2 heterocycles. The van der Waals surface area contributed by atoms with Crippen molar-refractivity contribution >= 4 is 17.6 Å². The van der Waals surface area contributed by atoms with Crippen molar-refractivity contribution in [2.45, 2.75) is 31.5 Å². The van der Waals surface area contributed by atoms with Crippen LogP contribution in [0.2, 0.25) is 0 Å². The fourth-order valence-corrected chi connectivity index (χ4v) is 2.21. The monoisotopic (exact) mass is 343 g/mol. The highest BCUT2D eigenvalue weighted by Crippen LogP contribution is 2.42. The molecule has 1 amide bonds. The molecule has 0 spiro atoms. The first kappa shape index (κ1) is 16.1. The summed E-state index contributed by atoms with van der Waals surface area (Å²) in [6.07, 6.45) is -1.74. The summed E-state index contributed by atoms with van der Waals surface area (Å²) in [7, 11) is 0. The number of carboxylic acids is 1. The molecular weight excluding hydrogens is 331 g/mol. The Morgan fingerprint density at radius 2 is 2.00 bits per heavy atom. The van der Waals surface area contributed by atoms with Crippen LogP contribution in [-0.2, 0) is 6.54 Å². The highest BCUT2D eigenvalue weighted by atomic mass is 19.4. The van der Waals surface area contributed by atoms with Gasteiger partial charge in [0.15, 0.2) is 5.76 Å². The number of carbonyl (C=O) groups is 2. The van der Waals surface area contributed by atoms with Gasteiger partial charge in [-0.15, -0.1) is 0 Å². The van der Waals surface area contributed by atoms with E-state index in [4.69, 9.17) is 9.52 Å². The van der Waals surface area contributed by atoms with Crippen molar-refractivity contribution in [3.63, 3.8) is 0 Å². The Kier molecular flexibility index (Phi) is 3.82. The van der Waals surface area contributed by atoms with Gasteiger partial charge in [-0.2, -0.15) is 18.3 Å². The van der Waals surface area contributed by atoms with E-state index in [1.807, 2.05) is 0 Å². The first-order chi connectivity index (χ1) is 11.2. The minimum Gasteiger partial charge on any atom is -0.475 e. The number of rotatable bonds is 5. The van der Waals surface area contributed by atoms with Gasteiger partial charge in [-0.3, -0.25) is 9.48 Å². The van der Waals surface area contributed by atoms with Gasteiger partial charge in [0.05, 0.1) is 11.4 Å². The van der Waals surface area contributed by atoms with Gasteiger partial charge in [0.2, 0.25) is 5.76 Å². The maximum atomic E-state index is 12.5. The summed E-state index contributed by atoms with van der Waals surface area (Å²) in [5, 5.41) is 15.1. The molecular formula is C14H12F3N3O4. The second-order valence-corrected chi connectivity index (χ2v) is 5.44. The van der Waals surface area contributed by atoms with E-state index >= 15 is 0 Å². The van der Waals surface area contributed by atoms with Crippen LogP contribution in [0.3, 0.4) is 0 Å². The number of hydrogen-bond donors (Lipinski definition) is 2. The second-order valence-electron chi connectivity index (χ2n) is 5.44. The Morgan fingerprint density at radius 1 is 1.33 bits per heavy atom. The highest BCUT2D eigenvalue weighted by molar-refractivity contribution is 6.03. The van der Waals surface area contributed by atoms with Crippen LogP contribution in [0.4, 0.5) is 18.9 Å². The number of hydrogen-bond acceptors (Lipinski definition) is 4. The SMILES string of the molecule is O=C(O)c1ccc(C(=O)Nc2cn(CC(F)(F)F)nc2C2CC2)o1. The standard InChI is InChI=1S/C14H12F3N3O4/c15-14(16,17)6-20-5-8(11(19-20)7-1-2-7)18-12(21)9-3-4-10(24-9)13(22)23/h3-5,7H,1-2,6H2,(H,18,21)(H,22,23). The molecule has 0 aliphatic heterocycles. The normalized spacial score (nSPS) is 14.6. The number of anilines is 1. The van der Waals surface area contributed by atoms with E-state index in [2.05, 4.69) is 10.4 Å². The van der Waals surface area contributed by atoms with E-state index in [1.165, 1.54) is 6.07 Å². The van der Waals surface area contributed by atoms with Gasteiger partial charge in [-0.05, 0) is 25.0 Å². The first-order valence-electron chi connectivity index (χ1n) is 7.01.